The third kappa shape index (κ3) is 6.62. The molecule has 11 heteroatoms. The number of carboxylic acid groups (broad SMARTS) is 1. The lowest BCUT2D eigenvalue weighted by Gasteiger charge is -2.15. The smallest absolute Gasteiger partial charge is 0.434 e. The topological polar surface area (TPSA) is 77.2 Å². The van der Waals surface area contributed by atoms with E-state index in [0.29, 0.717) is 65.2 Å². The van der Waals surface area contributed by atoms with Gasteiger partial charge in [-0.15, -0.1) is 0 Å². The van der Waals surface area contributed by atoms with Crippen molar-refractivity contribution in [2.45, 2.75) is 38.8 Å². The van der Waals surface area contributed by atoms with Crippen LogP contribution in [0, 0.1) is 6.92 Å². The van der Waals surface area contributed by atoms with Gasteiger partial charge >= 0.3 is 12.1 Å². The summed E-state index contributed by atoms with van der Waals surface area (Å²) >= 11 is 6.57. The molecular formula is C29H26ClF4N3O3. The summed E-state index contributed by atoms with van der Waals surface area (Å²) < 4.78 is 59.7. The maximum absolute atomic E-state index is 13.7. The number of unbranched alkanes of at least 4 members (excludes halogenated alkanes) is 1. The molecule has 4 rings (SSSR count). The van der Waals surface area contributed by atoms with Crippen molar-refractivity contribution in [3.05, 3.63) is 93.8 Å². The predicted octanol–water partition coefficient (Wildman–Crippen LogP) is 7.53. The third-order valence-electron chi connectivity index (χ3n) is 6.37. The Labute approximate surface area is 233 Å². The highest BCUT2D eigenvalue weighted by atomic mass is 35.5. The molecule has 2 heterocycles. The summed E-state index contributed by atoms with van der Waals surface area (Å²) in [6.07, 6.45) is -2.05. The molecule has 0 bridgehead atoms. The molecule has 6 nitrogen and oxygen atoms in total. The van der Waals surface area contributed by atoms with Crippen molar-refractivity contribution in [2.24, 2.45) is 0 Å². The zero-order chi connectivity index (χ0) is 28.9. The number of hydrogen-bond acceptors (Lipinski definition) is 4. The second-order valence-electron chi connectivity index (χ2n) is 9.10. The number of benzene rings is 2. The number of carbonyl (C=O) groups is 1. The summed E-state index contributed by atoms with van der Waals surface area (Å²) in [5.74, 6) is -1.21. The zero-order valence-corrected chi connectivity index (χ0v) is 22.3. The molecule has 1 N–H and O–H groups in total. The third-order valence-corrected chi connectivity index (χ3v) is 6.72. The Morgan fingerprint density at radius 1 is 1.07 bits per heavy atom. The van der Waals surface area contributed by atoms with Gasteiger partial charge in [-0.05, 0) is 79.6 Å². The molecule has 0 fully saturated rings. The van der Waals surface area contributed by atoms with Crippen LogP contribution in [0.25, 0.3) is 17.1 Å². The van der Waals surface area contributed by atoms with E-state index >= 15 is 0 Å². The molecule has 0 atom stereocenters. The molecule has 2 aromatic heterocycles. The van der Waals surface area contributed by atoms with Crippen molar-refractivity contribution in [2.75, 3.05) is 13.3 Å². The van der Waals surface area contributed by atoms with Crippen LogP contribution in [0.15, 0.2) is 60.8 Å². The Morgan fingerprint density at radius 3 is 2.55 bits per heavy atom. The number of ether oxygens (including phenoxy) is 1. The van der Waals surface area contributed by atoms with Crippen LogP contribution in [-0.4, -0.2) is 39.1 Å². The van der Waals surface area contributed by atoms with Crippen LogP contribution in [0.3, 0.4) is 0 Å². The standard InChI is InChI=1S/C29H26ClF4N3O3/c1-18-16-20(40-15-3-2-14-31)12-10-19(18)11-13-21-22(6-4-7-24(21)30)25-8-5-9-26(36-25)37-27(29(32,33)34)23(17-35-37)28(38)39/h4-10,12,16-17H,2-3,11,13-15H2,1H3,(H,38,39). The number of hydrogen-bond donors (Lipinski definition) is 1. The van der Waals surface area contributed by atoms with Gasteiger partial charge in [0.2, 0.25) is 0 Å². The number of alkyl halides is 4. The summed E-state index contributed by atoms with van der Waals surface area (Å²) in [7, 11) is 0. The van der Waals surface area contributed by atoms with Crippen LogP contribution < -0.4 is 4.74 Å². The van der Waals surface area contributed by atoms with Crippen LogP contribution in [0.5, 0.6) is 5.75 Å². The Bertz CT molecular complexity index is 1500. The SMILES string of the molecule is Cc1cc(OCCCCF)ccc1CCc1c(Cl)cccc1-c1cccc(-n2ncc(C(=O)O)c2C(F)(F)F)n1. The number of pyridine rings is 1. The Morgan fingerprint density at radius 2 is 1.85 bits per heavy atom. The van der Waals surface area contributed by atoms with Crippen LogP contribution in [0.1, 0.15) is 45.6 Å². The molecule has 210 valence electrons. The van der Waals surface area contributed by atoms with E-state index in [9.17, 15) is 27.5 Å². The van der Waals surface area contributed by atoms with Crippen molar-refractivity contribution in [1.29, 1.82) is 0 Å². The highest BCUT2D eigenvalue weighted by molar-refractivity contribution is 6.31. The van der Waals surface area contributed by atoms with Crippen LogP contribution in [0.2, 0.25) is 5.02 Å². The minimum absolute atomic E-state index is 0.179. The number of nitrogens with zero attached hydrogens (tertiary/aromatic N) is 3. The van der Waals surface area contributed by atoms with Crippen molar-refractivity contribution in [3.63, 3.8) is 0 Å². The van der Waals surface area contributed by atoms with Crippen LogP contribution in [0.4, 0.5) is 17.6 Å². The number of halogens is 5. The molecule has 0 aliphatic rings. The quantitative estimate of drug-likeness (QED) is 0.148. The number of rotatable bonds is 11. The van der Waals surface area contributed by atoms with E-state index in [-0.39, 0.29) is 12.5 Å². The van der Waals surface area contributed by atoms with Crippen molar-refractivity contribution >= 4 is 17.6 Å². The highest BCUT2D eigenvalue weighted by Gasteiger charge is 2.41. The van der Waals surface area contributed by atoms with Gasteiger partial charge in [-0.3, -0.25) is 4.39 Å². The monoisotopic (exact) mass is 575 g/mol. The van der Waals surface area contributed by atoms with E-state index in [1.165, 1.54) is 12.1 Å². The molecule has 0 aliphatic heterocycles. The fraction of sp³-hybridized carbons (Fsp3) is 0.276. The molecular weight excluding hydrogens is 550 g/mol. The normalized spacial score (nSPS) is 11.6. The molecule has 0 amide bonds. The minimum Gasteiger partial charge on any atom is -0.494 e. The lowest BCUT2D eigenvalue weighted by atomic mass is 9.95. The Balaban J connectivity index is 1.61. The maximum atomic E-state index is 13.7. The van der Waals surface area contributed by atoms with Gasteiger partial charge in [-0.1, -0.05) is 35.9 Å². The van der Waals surface area contributed by atoms with E-state index in [0.717, 1.165) is 16.7 Å². The second-order valence-corrected chi connectivity index (χ2v) is 9.51. The van der Waals surface area contributed by atoms with Crippen molar-refractivity contribution in [1.82, 2.24) is 14.8 Å². The average molecular weight is 576 g/mol. The summed E-state index contributed by atoms with van der Waals surface area (Å²) in [5, 5.41) is 13.4. The minimum atomic E-state index is -4.96. The highest BCUT2D eigenvalue weighted by Crippen LogP contribution is 2.35. The fourth-order valence-corrected chi connectivity index (χ4v) is 4.65. The van der Waals surface area contributed by atoms with Gasteiger partial charge in [0.15, 0.2) is 11.5 Å². The second kappa shape index (κ2) is 12.5. The van der Waals surface area contributed by atoms with Crippen LogP contribution in [-0.2, 0) is 19.0 Å². The molecule has 0 unspecified atom stereocenters. The van der Waals surface area contributed by atoms with Crippen LogP contribution >= 0.6 is 11.6 Å². The molecule has 0 saturated carbocycles. The number of aromatic nitrogens is 3. The summed E-state index contributed by atoms with van der Waals surface area (Å²) in [5.41, 5.74) is 1.47. The van der Waals surface area contributed by atoms with Gasteiger partial charge in [0.25, 0.3) is 0 Å². The van der Waals surface area contributed by atoms with E-state index in [2.05, 4.69) is 10.1 Å². The molecule has 0 saturated heterocycles. The number of aromatic carboxylic acids is 1. The van der Waals surface area contributed by atoms with Gasteiger partial charge in [0.05, 0.1) is 25.2 Å². The van der Waals surface area contributed by atoms with Gasteiger partial charge < -0.3 is 9.84 Å². The van der Waals surface area contributed by atoms with E-state index < -0.39 is 23.4 Å². The van der Waals surface area contributed by atoms with E-state index in [4.69, 9.17) is 16.3 Å². The van der Waals surface area contributed by atoms with Gasteiger partial charge in [0, 0.05) is 10.6 Å². The summed E-state index contributed by atoms with van der Waals surface area (Å²) in [6.45, 7) is 2.04. The van der Waals surface area contributed by atoms with Gasteiger partial charge in [-0.25, -0.2) is 14.5 Å². The molecule has 2 aromatic carbocycles. The molecule has 0 aliphatic carbocycles. The Hall–Kier alpha value is -3.92. The first-order valence-corrected chi connectivity index (χ1v) is 12.9. The molecule has 0 spiro atoms. The molecule has 0 radical (unpaired) electrons. The maximum Gasteiger partial charge on any atom is 0.434 e. The van der Waals surface area contributed by atoms with Crippen molar-refractivity contribution < 1.29 is 32.2 Å². The summed E-state index contributed by atoms with van der Waals surface area (Å²) in [6, 6.07) is 15.5. The van der Waals surface area contributed by atoms with E-state index in [1.807, 2.05) is 25.1 Å². The molecule has 40 heavy (non-hydrogen) atoms. The lowest BCUT2D eigenvalue weighted by molar-refractivity contribution is -0.143. The van der Waals surface area contributed by atoms with Gasteiger partial charge in [-0.2, -0.15) is 18.3 Å². The fourth-order valence-electron chi connectivity index (χ4n) is 4.38. The number of aryl methyl sites for hydroxylation is 2. The first-order valence-electron chi connectivity index (χ1n) is 12.5. The first-order chi connectivity index (χ1) is 19.1. The number of carboxylic acids is 1. The van der Waals surface area contributed by atoms with Crippen molar-refractivity contribution in [3.8, 4) is 22.8 Å². The van der Waals surface area contributed by atoms with Gasteiger partial charge in [0.1, 0.15) is 11.3 Å². The Kier molecular flexibility index (Phi) is 9.09. The average Bonchev–Trinajstić information content (AvgIpc) is 3.38. The molecule has 4 aromatic rings. The zero-order valence-electron chi connectivity index (χ0n) is 21.5. The predicted molar refractivity (Wildman–Crippen MR) is 143 cm³/mol. The van der Waals surface area contributed by atoms with E-state index in [1.54, 1.807) is 24.3 Å². The largest absolute Gasteiger partial charge is 0.494 e. The lowest BCUT2D eigenvalue weighted by Crippen LogP contribution is -2.18. The summed E-state index contributed by atoms with van der Waals surface area (Å²) in [4.78, 5) is 15.8. The first kappa shape index (κ1) is 29.1.